The van der Waals surface area contributed by atoms with Crippen molar-refractivity contribution in [1.82, 2.24) is 5.32 Å². The molecule has 1 nitrogen and oxygen atoms in total. The third kappa shape index (κ3) is 4.37. The second-order valence-corrected chi connectivity index (χ2v) is 4.75. The molecule has 1 aromatic rings. The van der Waals surface area contributed by atoms with E-state index < -0.39 is 0 Å². The standard InChI is InChI=1S/C12H15BrClN/c1-9(7-14)8-15-10(2)11-4-3-5-12(13)6-11/h3-7,10,15H,8H2,1-2H3/b9-7+/t10-/m1/s1. The molecule has 0 amide bonds. The van der Waals surface area contributed by atoms with Crippen molar-refractivity contribution >= 4 is 27.5 Å². The molecule has 0 aliphatic heterocycles. The molecule has 1 aromatic carbocycles. The smallest absolute Gasteiger partial charge is 0.0295 e. The average Bonchev–Trinajstić information content (AvgIpc) is 2.25. The molecule has 0 aliphatic rings. The van der Waals surface area contributed by atoms with Crippen LogP contribution in [0.4, 0.5) is 0 Å². The van der Waals surface area contributed by atoms with Gasteiger partial charge in [-0.05, 0) is 37.1 Å². The highest BCUT2D eigenvalue weighted by Crippen LogP contribution is 2.17. The summed E-state index contributed by atoms with van der Waals surface area (Å²) in [5.41, 5.74) is 4.02. The molecule has 1 rings (SSSR count). The maximum Gasteiger partial charge on any atom is 0.0295 e. The third-order valence-corrected chi connectivity index (χ3v) is 3.09. The summed E-state index contributed by atoms with van der Waals surface area (Å²) in [5.74, 6) is 0. The average molecular weight is 289 g/mol. The highest BCUT2D eigenvalue weighted by molar-refractivity contribution is 9.10. The molecule has 0 fully saturated rings. The van der Waals surface area contributed by atoms with Crippen LogP contribution in [0.1, 0.15) is 25.5 Å². The molecule has 1 N–H and O–H groups in total. The SMILES string of the molecule is C/C(=C\Cl)CN[C@H](C)c1cccc(Br)c1. The van der Waals surface area contributed by atoms with E-state index in [1.807, 2.05) is 19.1 Å². The van der Waals surface area contributed by atoms with Gasteiger partial charge in [-0.15, -0.1) is 0 Å². The molecule has 0 aliphatic carbocycles. The van der Waals surface area contributed by atoms with E-state index in [4.69, 9.17) is 11.6 Å². The molecular weight excluding hydrogens is 273 g/mol. The first-order valence-corrected chi connectivity index (χ1v) is 6.11. The van der Waals surface area contributed by atoms with Crippen LogP contribution in [0.15, 0.2) is 39.8 Å². The summed E-state index contributed by atoms with van der Waals surface area (Å²) in [7, 11) is 0. The lowest BCUT2D eigenvalue weighted by atomic mass is 10.1. The summed E-state index contributed by atoms with van der Waals surface area (Å²) in [4.78, 5) is 0. The monoisotopic (exact) mass is 287 g/mol. The molecule has 0 spiro atoms. The maximum absolute atomic E-state index is 5.60. The number of rotatable bonds is 4. The van der Waals surface area contributed by atoms with E-state index in [0.29, 0.717) is 6.04 Å². The van der Waals surface area contributed by atoms with Crippen LogP contribution < -0.4 is 5.32 Å². The Morgan fingerprint density at radius 1 is 1.60 bits per heavy atom. The lowest BCUT2D eigenvalue weighted by Gasteiger charge is -2.14. The summed E-state index contributed by atoms with van der Waals surface area (Å²) < 4.78 is 1.11. The molecule has 15 heavy (non-hydrogen) atoms. The highest BCUT2D eigenvalue weighted by atomic mass is 79.9. The first kappa shape index (κ1) is 12.8. The maximum atomic E-state index is 5.60. The Labute approximate surface area is 105 Å². The van der Waals surface area contributed by atoms with Crippen LogP contribution in [0, 0.1) is 0 Å². The van der Waals surface area contributed by atoms with E-state index >= 15 is 0 Å². The van der Waals surface area contributed by atoms with Crippen molar-refractivity contribution < 1.29 is 0 Å². The first-order chi connectivity index (χ1) is 7.13. The third-order valence-electron chi connectivity index (χ3n) is 2.22. The molecule has 82 valence electrons. The molecule has 1 atom stereocenters. The summed E-state index contributed by atoms with van der Waals surface area (Å²) in [6.07, 6.45) is 0. The highest BCUT2D eigenvalue weighted by Gasteiger charge is 2.04. The Balaban J connectivity index is 2.57. The van der Waals surface area contributed by atoms with Gasteiger partial charge >= 0.3 is 0 Å². The summed E-state index contributed by atoms with van der Waals surface area (Å²) in [5, 5.41) is 3.40. The minimum atomic E-state index is 0.328. The minimum Gasteiger partial charge on any atom is -0.306 e. The Kier molecular flexibility index (Phi) is 5.37. The number of nitrogens with one attached hydrogen (secondary N) is 1. The fourth-order valence-electron chi connectivity index (χ4n) is 1.25. The normalized spacial score (nSPS) is 14.0. The van der Waals surface area contributed by atoms with Crippen molar-refractivity contribution in [3.63, 3.8) is 0 Å². The summed E-state index contributed by atoms with van der Waals surface area (Å²) in [6, 6.07) is 8.63. The first-order valence-electron chi connectivity index (χ1n) is 4.88. The van der Waals surface area contributed by atoms with Gasteiger partial charge in [0.1, 0.15) is 0 Å². The van der Waals surface area contributed by atoms with Gasteiger partial charge in [0.05, 0.1) is 0 Å². The van der Waals surface area contributed by atoms with Gasteiger partial charge in [0.2, 0.25) is 0 Å². The van der Waals surface area contributed by atoms with Crippen LogP contribution in [-0.4, -0.2) is 6.54 Å². The number of halogens is 2. The van der Waals surface area contributed by atoms with Gasteiger partial charge in [0, 0.05) is 22.6 Å². The van der Waals surface area contributed by atoms with Crippen molar-refractivity contribution in [1.29, 1.82) is 0 Å². The summed E-state index contributed by atoms with van der Waals surface area (Å²) in [6.45, 7) is 4.97. The van der Waals surface area contributed by atoms with E-state index in [9.17, 15) is 0 Å². The van der Waals surface area contributed by atoms with Crippen LogP contribution in [0.5, 0.6) is 0 Å². The van der Waals surface area contributed by atoms with Gasteiger partial charge in [-0.2, -0.15) is 0 Å². The lowest BCUT2D eigenvalue weighted by molar-refractivity contribution is 0.607. The zero-order valence-electron chi connectivity index (χ0n) is 8.93. The molecule has 0 saturated carbocycles. The Hall–Kier alpha value is -0.310. The molecule has 0 unspecified atom stereocenters. The quantitative estimate of drug-likeness (QED) is 0.874. The van der Waals surface area contributed by atoms with Crippen LogP contribution >= 0.6 is 27.5 Å². The predicted octanol–water partition coefficient (Wildman–Crippen LogP) is 4.24. The fraction of sp³-hybridized carbons (Fsp3) is 0.333. The number of hydrogen-bond donors (Lipinski definition) is 1. The van der Waals surface area contributed by atoms with Crippen LogP contribution in [0.25, 0.3) is 0 Å². The van der Waals surface area contributed by atoms with Crippen LogP contribution in [-0.2, 0) is 0 Å². The number of hydrogen-bond acceptors (Lipinski definition) is 1. The Morgan fingerprint density at radius 2 is 2.33 bits per heavy atom. The van der Waals surface area contributed by atoms with Crippen LogP contribution in [0.2, 0.25) is 0 Å². The van der Waals surface area contributed by atoms with E-state index in [1.54, 1.807) is 5.54 Å². The zero-order valence-corrected chi connectivity index (χ0v) is 11.3. The zero-order chi connectivity index (χ0) is 11.3. The lowest BCUT2D eigenvalue weighted by Crippen LogP contribution is -2.20. The molecular formula is C12H15BrClN. The van der Waals surface area contributed by atoms with Crippen molar-refractivity contribution in [2.45, 2.75) is 19.9 Å². The molecule has 0 aromatic heterocycles. The van der Waals surface area contributed by atoms with Gasteiger partial charge in [0.15, 0.2) is 0 Å². The van der Waals surface area contributed by atoms with Crippen molar-refractivity contribution in [2.24, 2.45) is 0 Å². The van der Waals surface area contributed by atoms with E-state index in [1.165, 1.54) is 5.56 Å². The Bertz CT molecular complexity index is 349. The fourth-order valence-corrected chi connectivity index (χ4v) is 1.74. The predicted molar refractivity (Wildman–Crippen MR) is 70.2 cm³/mol. The van der Waals surface area contributed by atoms with Gasteiger partial charge in [-0.25, -0.2) is 0 Å². The summed E-state index contributed by atoms with van der Waals surface area (Å²) >= 11 is 9.06. The largest absolute Gasteiger partial charge is 0.306 e. The van der Waals surface area contributed by atoms with E-state index in [-0.39, 0.29) is 0 Å². The van der Waals surface area contributed by atoms with Crippen LogP contribution in [0.3, 0.4) is 0 Å². The molecule has 3 heteroatoms. The molecule has 0 bridgehead atoms. The molecule has 0 heterocycles. The molecule has 0 radical (unpaired) electrons. The van der Waals surface area contributed by atoms with Gasteiger partial charge < -0.3 is 5.32 Å². The molecule has 0 saturated heterocycles. The van der Waals surface area contributed by atoms with E-state index in [2.05, 4.69) is 40.3 Å². The van der Waals surface area contributed by atoms with Crippen molar-refractivity contribution in [2.75, 3.05) is 6.54 Å². The van der Waals surface area contributed by atoms with Gasteiger partial charge in [-0.3, -0.25) is 0 Å². The topological polar surface area (TPSA) is 12.0 Å². The van der Waals surface area contributed by atoms with Gasteiger partial charge in [0.25, 0.3) is 0 Å². The Morgan fingerprint density at radius 3 is 2.93 bits per heavy atom. The second kappa shape index (κ2) is 6.31. The number of benzene rings is 1. The second-order valence-electron chi connectivity index (χ2n) is 3.61. The van der Waals surface area contributed by atoms with Gasteiger partial charge in [-0.1, -0.05) is 39.7 Å². The van der Waals surface area contributed by atoms with Crippen molar-refractivity contribution in [3.8, 4) is 0 Å². The van der Waals surface area contributed by atoms with E-state index in [0.717, 1.165) is 16.6 Å². The van der Waals surface area contributed by atoms with Crippen molar-refractivity contribution in [3.05, 3.63) is 45.4 Å². The minimum absolute atomic E-state index is 0.328.